The molecule has 2 saturated carbocycles. The van der Waals surface area contributed by atoms with E-state index in [0.29, 0.717) is 0 Å². The molecule has 3 aromatic carbocycles. The van der Waals surface area contributed by atoms with E-state index in [1.165, 1.54) is 32.1 Å². The minimum absolute atomic E-state index is 0.728. The van der Waals surface area contributed by atoms with Crippen molar-refractivity contribution in [1.29, 1.82) is 0 Å². The van der Waals surface area contributed by atoms with Gasteiger partial charge in [0.15, 0.2) is 0 Å². The van der Waals surface area contributed by atoms with E-state index in [1.807, 2.05) is 0 Å². The molecule has 4 aliphatic carbocycles. The predicted molar refractivity (Wildman–Crippen MR) is 126 cm³/mol. The molecule has 152 valence electrons. The molecule has 0 N–H and O–H groups in total. The van der Waals surface area contributed by atoms with Crippen LogP contribution in [0.5, 0.6) is 0 Å². The van der Waals surface area contributed by atoms with Crippen molar-refractivity contribution in [2.75, 3.05) is 0 Å². The molecule has 0 spiro atoms. The van der Waals surface area contributed by atoms with Gasteiger partial charge in [0, 0.05) is 11.1 Å². The molecule has 1 aromatic heterocycles. The van der Waals surface area contributed by atoms with Gasteiger partial charge >= 0.3 is 0 Å². The second kappa shape index (κ2) is 6.75. The van der Waals surface area contributed by atoms with Crippen molar-refractivity contribution >= 4 is 11.0 Å². The fraction of sp³-hybridized carbons (Fsp3) is 0.310. The molecule has 0 aliphatic heterocycles. The standard InChI is InChI=1S/C29H26N2/c1-3-7-20(8-4-1)28-29(21-9-5-2-6-10-21)31-27-17-25-23-14-18-11-19(15-23)13-22(12-18)24(25)16-26(27)30-28/h1-10,16-19,22-23H,11-15H2. The number of hydrogen-bond donors (Lipinski definition) is 0. The average molecular weight is 403 g/mol. The number of fused-ring (bicyclic) bond motifs is 1. The molecule has 2 heteroatoms. The van der Waals surface area contributed by atoms with Gasteiger partial charge in [-0.2, -0.15) is 0 Å². The monoisotopic (exact) mass is 402 g/mol. The molecule has 0 unspecified atom stereocenters. The first-order chi connectivity index (χ1) is 15.3. The van der Waals surface area contributed by atoms with Crippen LogP contribution >= 0.6 is 0 Å². The quantitative estimate of drug-likeness (QED) is 0.350. The topological polar surface area (TPSA) is 25.8 Å². The van der Waals surface area contributed by atoms with E-state index in [9.17, 15) is 0 Å². The molecule has 1 heterocycles. The van der Waals surface area contributed by atoms with Crippen LogP contribution in [0, 0.1) is 11.8 Å². The van der Waals surface area contributed by atoms with Crippen molar-refractivity contribution in [2.24, 2.45) is 11.8 Å². The molecule has 31 heavy (non-hydrogen) atoms. The van der Waals surface area contributed by atoms with Crippen LogP contribution in [0.15, 0.2) is 72.8 Å². The van der Waals surface area contributed by atoms with Gasteiger partial charge in [0.05, 0.1) is 22.4 Å². The van der Waals surface area contributed by atoms with Crippen LogP contribution in [0.1, 0.15) is 55.1 Å². The zero-order valence-corrected chi connectivity index (χ0v) is 17.7. The summed E-state index contributed by atoms with van der Waals surface area (Å²) >= 11 is 0. The molecule has 4 aliphatic rings. The molecule has 4 bridgehead atoms. The summed E-state index contributed by atoms with van der Waals surface area (Å²) in [6, 6.07) is 25.9. The number of benzene rings is 3. The van der Waals surface area contributed by atoms with E-state index in [4.69, 9.17) is 9.97 Å². The van der Waals surface area contributed by atoms with Gasteiger partial charge in [-0.15, -0.1) is 0 Å². The van der Waals surface area contributed by atoms with Crippen LogP contribution < -0.4 is 0 Å². The molecule has 0 radical (unpaired) electrons. The molecular formula is C29H26N2. The van der Waals surface area contributed by atoms with Crippen LogP contribution in [-0.2, 0) is 0 Å². The summed E-state index contributed by atoms with van der Waals surface area (Å²) in [7, 11) is 0. The third-order valence-corrected chi connectivity index (χ3v) is 7.98. The molecule has 0 amide bonds. The maximum atomic E-state index is 5.24. The van der Waals surface area contributed by atoms with Crippen LogP contribution in [-0.4, -0.2) is 9.97 Å². The second-order valence-corrected chi connectivity index (χ2v) is 9.93. The number of aromatic nitrogens is 2. The Labute approximate surface area is 183 Å². The van der Waals surface area contributed by atoms with E-state index in [0.717, 1.165) is 57.2 Å². The average Bonchev–Trinajstić information content (AvgIpc) is 2.98. The van der Waals surface area contributed by atoms with Gasteiger partial charge in [-0.25, -0.2) is 9.97 Å². The fourth-order valence-electron chi connectivity index (χ4n) is 6.80. The molecule has 2 fully saturated rings. The lowest BCUT2D eigenvalue weighted by Crippen LogP contribution is -2.25. The molecular weight excluding hydrogens is 376 g/mol. The summed E-state index contributed by atoms with van der Waals surface area (Å²) < 4.78 is 0. The molecule has 0 saturated heterocycles. The van der Waals surface area contributed by atoms with Crippen molar-refractivity contribution in [1.82, 2.24) is 9.97 Å². The lowest BCUT2D eigenvalue weighted by molar-refractivity contribution is 0.166. The van der Waals surface area contributed by atoms with Gasteiger partial charge in [0.1, 0.15) is 0 Å². The smallest absolute Gasteiger partial charge is 0.0973 e. The lowest BCUT2D eigenvalue weighted by atomic mass is 9.67. The first-order valence-corrected chi connectivity index (χ1v) is 11.8. The Kier molecular flexibility index (Phi) is 3.84. The Morgan fingerprint density at radius 2 is 0.935 bits per heavy atom. The molecule has 2 nitrogen and oxygen atoms in total. The highest BCUT2D eigenvalue weighted by atomic mass is 14.8. The van der Waals surface area contributed by atoms with Gasteiger partial charge in [-0.1, -0.05) is 60.7 Å². The Morgan fingerprint density at radius 1 is 0.516 bits per heavy atom. The summed E-state index contributed by atoms with van der Waals surface area (Å²) in [4.78, 5) is 10.5. The number of hydrogen-bond acceptors (Lipinski definition) is 2. The summed E-state index contributed by atoms with van der Waals surface area (Å²) in [5, 5.41) is 0. The zero-order valence-electron chi connectivity index (χ0n) is 17.7. The number of nitrogens with zero attached hydrogens (tertiary/aromatic N) is 2. The maximum Gasteiger partial charge on any atom is 0.0973 e. The minimum Gasteiger partial charge on any atom is -0.244 e. The minimum atomic E-state index is 0.728. The van der Waals surface area contributed by atoms with Gasteiger partial charge in [-0.3, -0.25) is 0 Å². The van der Waals surface area contributed by atoms with Crippen molar-refractivity contribution in [2.45, 2.75) is 43.9 Å². The summed E-state index contributed by atoms with van der Waals surface area (Å²) in [5.41, 5.74) is 9.51. The van der Waals surface area contributed by atoms with Crippen molar-refractivity contribution in [3.05, 3.63) is 83.9 Å². The Hall–Kier alpha value is -3.00. The molecule has 8 rings (SSSR count). The van der Waals surface area contributed by atoms with Crippen LogP contribution in [0.25, 0.3) is 33.5 Å². The first kappa shape index (κ1) is 17.7. The Bertz CT molecular complexity index is 1170. The van der Waals surface area contributed by atoms with Gasteiger partial charge < -0.3 is 0 Å². The van der Waals surface area contributed by atoms with Crippen LogP contribution in [0.4, 0.5) is 0 Å². The van der Waals surface area contributed by atoms with Crippen molar-refractivity contribution < 1.29 is 0 Å². The number of rotatable bonds is 2. The third kappa shape index (κ3) is 2.85. The van der Waals surface area contributed by atoms with Gasteiger partial charge in [-0.05, 0) is 79.0 Å². The Morgan fingerprint density at radius 3 is 1.35 bits per heavy atom. The zero-order chi connectivity index (χ0) is 20.4. The van der Waals surface area contributed by atoms with E-state index in [-0.39, 0.29) is 0 Å². The van der Waals surface area contributed by atoms with Gasteiger partial charge in [0.25, 0.3) is 0 Å². The third-order valence-electron chi connectivity index (χ3n) is 7.98. The highest BCUT2D eigenvalue weighted by Crippen LogP contribution is 2.56. The van der Waals surface area contributed by atoms with Crippen molar-refractivity contribution in [3.8, 4) is 22.5 Å². The molecule has 0 atom stereocenters. The van der Waals surface area contributed by atoms with E-state index >= 15 is 0 Å². The molecule has 4 aromatic rings. The SMILES string of the molecule is c1ccc(-c2nc3cc4c(cc3nc2-c2ccccc2)C2CC3CC(CC4C3)C2)cc1. The maximum absolute atomic E-state index is 5.24. The van der Waals surface area contributed by atoms with E-state index in [1.54, 1.807) is 11.1 Å². The van der Waals surface area contributed by atoms with Crippen LogP contribution in [0.3, 0.4) is 0 Å². The normalized spacial score (nSPS) is 26.1. The second-order valence-electron chi connectivity index (χ2n) is 9.93. The highest BCUT2D eigenvalue weighted by molar-refractivity contribution is 5.87. The van der Waals surface area contributed by atoms with Crippen LogP contribution in [0.2, 0.25) is 0 Å². The lowest BCUT2D eigenvalue weighted by Gasteiger charge is -2.38. The Balaban J connectivity index is 1.48. The first-order valence-electron chi connectivity index (χ1n) is 11.8. The summed E-state index contributed by atoms with van der Waals surface area (Å²) in [5.74, 6) is 3.32. The van der Waals surface area contributed by atoms with Gasteiger partial charge in [0.2, 0.25) is 0 Å². The largest absolute Gasteiger partial charge is 0.244 e. The summed E-state index contributed by atoms with van der Waals surface area (Å²) in [6.07, 6.45) is 6.99. The van der Waals surface area contributed by atoms with E-state index in [2.05, 4.69) is 72.8 Å². The van der Waals surface area contributed by atoms with E-state index < -0.39 is 0 Å². The fourth-order valence-corrected chi connectivity index (χ4v) is 6.80. The van der Waals surface area contributed by atoms with Crippen molar-refractivity contribution in [3.63, 3.8) is 0 Å². The highest BCUT2D eigenvalue weighted by Gasteiger charge is 2.42. The predicted octanol–water partition coefficient (Wildman–Crippen LogP) is 7.35. The summed E-state index contributed by atoms with van der Waals surface area (Å²) in [6.45, 7) is 0.